The molecule has 0 aliphatic rings. The van der Waals surface area contributed by atoms with E-state index in [0.29, 0.717) is 11.3 Å². The second kappa shape index (κ2) is 6.10. The van der Waals surface area contributed by atoms with Gasteiger partial charge in [-0.2, -0.15) is 0 Å². The lowest BCUT2D eigenvalue weighted by Crippen LogP contribution is -2.14. The molecule has 0 unspecified atom stereocenters. The number of benzene rings is 1. The molecule has 0 N–H and O–H groups in total. The normalized spacial score (nSPS) is 11.6. The second-order valence-corrected chi connectivity index (χ2v) is 6.43. The molecule has 0 saturated heterocycles. The zero-order chi connectivity index (χ0) is 13.8. The summed E-state index contributed by atoms with van der Waals surface area (Å²) in [6, 6.07) is 6.66. The van der Waals surface area contributed by atoms with E-state index in [0.717, 1.165) is 18.4 Å². The van der Waals surface area contributed by atoms with Gasteiger partial charge in [0.25, 0.3) is 0 Å². The van der Waals surface area contributed by atoms with Crippen LogP contribution in [0.15, 0.2) is 18.2 Å². The summed E-state index contributed by atoms with van der Waals surface area (Å²) in [5, 5.41) is 0. The first kappa shape index (κ1) is 14.8. The fraction of sp³-hybridized carbons (Fsp3) is 0.556. The summed E-state index contributed by atoms with van der Waals surface area (Å²) in [7, 11) is 0. The summed E-state index contributed by atoms with van der Waals surface area (Å²) in [5.74, 6) is 3.53. The summed E-state index contributed by atoms with van der Waals surface area (Å²) in [4.78, 5) is 0. The molecule has 0 nitrogen and oxygen atoms in total. The van der Waals surface area contributed by atoms with Crippen molar-refractivity contribution in [2.24, 2.45) is 11.3 Å². The van der Waals surface area contributed by atoms with Crippen molar-refractivity contribution in [1.82, 2.24) is 0 Å². The van der Waals surface area contributed by atoms with E-state index >= 15 is 0 Å². The van der Waals surface area contributed by atoms with Crippen molar-refractivity contribution in [3.05, 3.63) is 34.9 Å². The van der Waals surface area contributed by atoms with Crippen LogP contribution in [-0.2, 0) is 12.8 Å². The molecule has 1 aromatic carbocycles. The van der Waals surface area contributed by atoms with Crippen LogP contribution in [0.5, 0.6) is 0 Å². The highest BCUT2D eigenvalue weighted by Crippen LogP contribution is 2.27. The Kier molecular flexibility index (Phi) is 5.03. The van der Waals surface area contributed by atoms with Crippen molar-refractivity contribution in [3.63, 3.8) is 0 Å². The van der Waals surface area contributed by atoms with Gasteiger partial charge in [-0.3, -0.25) is 0 Å². The van der Waals surface area contributed by atoms with E-state index in [1.165, 1.54) is 17.5 Å². The van der Waals surface area contributed by atoms with Gasteiger partial charge >= 0.3 is 0 Å². The molecule has 18 heavy (non-hydrogen) atoms. The Balaban J connectivity index is 2.98. The molecule has 98 valence electrons. The Bertz CT molecular complexity index is 430. The van der Waals surface area contributed by atoms with Gasteiger partial charge < -0.3 is 0 Å². The van der Waals surface area contributed by atoms with Crippen molar-refractivity contribution in [2.75, 3.05) is 0 Å². The Hall–Kier alpha value is -1.22. The third-order valence-corrected chi connectivity index (χ3v) is 3.60. The van der Waals surface area contributed by atoms with Crippen LogP contribution in [0.25, 0.3) is 0 Å². The predicted octanol–water partition coefficient (Wildman–Crippen LogP) is 4.85. The SMILES string of the molecule is C#Cc1cc(CC(C)C)ccc1CC(C)(C)CC. The monoisotopic (exact) mass is 242 g/mol. The van der Waals surface area contributed by atoms with E-state index < -0.39 is 0 Å². The van der Waals surface area contributed by atoms with Crippen LogP contribution in [0.2, 0.25) is 0 Å². The maximum absolute atomic E-state index is 5.66. The number of terminal acetylenes is 1. The molecule has 0 heteroatoms. The van der Waals surface area contributed by atoms with Crippen molar-refractivity contribution < 1.29 is 0 Å². The highest BCUT2D eigenvalue weighted by atomic mass is 14.2. The largest absolute Gasteiger partial charge is 0.115 e. The summed E-state index contributed by atoms with van der Waals surface area (Å²) < 4.78 is 0. The van der Waals surface area contributed by atoms with Gasteiger partial charge in [-0.1, -0.05) is 59.1 Å². The lowest BCUT2D eigenvalue weighted by Gasteiger charge is -2.23. The van der Waals surface area contributed by atoms with Crippen LogP contribution in [-0.4, -0.2) is 0 Å². The second-order valence-electron chi connectivity index (χ2n) is 6.43. The molecule has 0 saturated carbocycles. The third kappa shape index (κ3) is 4.22. The lowest BCUT2D eigenvalue weighted by atomic mass is 9.81. The highest BCUT2D eigenvalue weighted by Gasteiger charge is 2.17. The fourth-order valence-corrected chi connectivity index (χ4v) is 2.15. The first-order valence-electron chi connectivity index (χ1n) is 6.96. The van der Waals surface area contributed by atoms with Crippen LogP contribution >= 0.6 is 0 Å². The molecule has 0 bridgehead atoms. The molecular formula is C18H26. The van der Waals surface area contributed by atoms with Crippen molar-refractivity contribution >= 4 is 0 Å². The number of hydrogen-bond donors (Lipinski definition) is 0. The van der Waals surface area contributed by atoms with Gasteiger partial charge in [0.1, 0.15) is 0 Å². The predicted molar refractivity (Wildman–Crippen MR) is 80.7 cm³/mol. The average Bonchev–Trinajstić information content (AvgIpc) is 2.30. The zero-order valence-electron chi connectivity index (χ0n) is 12.5. The maximum Gasteiger partial charge on any atom is 0.0277 e. The molecular weight excluding hydrogens is 216 g/mol. The smallest absolute Gasteiger partial charge is 0.0277 e. The van der Waals surface area contributed by atoms with E-state index in [-0.39, 0.29) is 0 Å². The highest BCUT2D eigenvalue weighted by molar-refractivity contribution is 5.43. The molecule has 1 rings (SSSR count). The van der Waals surface area contributed by atoms with Gasteiger partial charge in [-0.05, 0) is 41.4 Å². The van der Waals surface area contributed by atoms with Gasteiger partial charge in [0.15, 0.2) is 0 Å². The summed E-state index contributed by atoms with van der Waals surface area (Å²) >= 11 is 0. The Morgan fingerprint density at radius 3 is 2.44 bits per heavy atom. The van der Waals surface area contributed by atoms with Crippen LogP contribution < -0.4 is 0 Å². The molecule has 0 fully saturated rings. The van der Waals surface area contributed by atoms with Gasteiger partial charge in [-0.15, -0.1) is 6.42 Å². The minimum absolute atomic E-state index is 0.325. The van der Waals surface area contributed by atoms with E-state index in [4.69, 9.17) is 6.42 Å². The van der Waals surface area contributed by atoms with Crippen LogP contribution in [0, 0.1) is 23.7 Å². The summed E-state index contributed by atoms with van der Waals surface area (Å²) in [6.45, 7) is 11.3. The Labute approximate surface area is 113 Å². The fourth-order valence-electron chi connectivity index (χ4n) is 2.15. The molecule has 0 aliphatic carbocycles. The summed E-state index contributed by atoms with van der Waals surface area (Å²) in [5.41, 5.74) is 4.08. The van der Waals surface area contributed by atoms with Crippen LogP contribution in [0.3, 0.4) is 0 Å². The van der Waals surface area contributed by atoms with Crippen LogP contribution in [0.1, 0.15) is 57.7 Å². The molecule has 0 amide bonds. The van der Waals surface area contributed by atoms with E-state index in [9.17, 15) is 0 Å². The standard InChI is InChI=1S/C18H26/c1-7-16-12-15(11-14(3)4)9-10-17(16)13-18(5,6)8-2/h1,9-10,12,14H,8,11,13H2,2-6H3. The van der Waals surface area contributed by atoms with Gasteiger partial charge in [-0.25, -0.2) is 0 Å². The van der Waals surface area contributed by atoms with Crippen molar-refractivity contribution in [2.45, 2.75) is 53.9 Å². The lowest BCUT2D eigenvalue weighted by molar-refractivity contribution is 0.349. The first-order valence-corrected chi connectivity index (χ1v) is 6.96. The topological polar surface area (TPSA) is 0 Å². The van der Waals surface area contributed by atoms with Gasteiger partial charge in [0, 0.05) is 5.56 Å². The zero-order valence-corrected chi connectivity index (χ0v) is 12.5. The molecule has 0 radical (unpaired) electrons. The third-order valence-electron chi connectivity index (χ3n) is 3.60. The molecule has 0 heterocycles. The molecule has 0 aliphatic heterocycles. The van der Waals surface area contributed by atoms with Crippen molar-refractivity contribution in [3.8, 4) is 12.3 Å². The van der Waals surface area contributed by atoms with Crippen LogP contribution in [0.4, 0.5) is 0 Å². The minimum Gasteiger partial charge on any atom is -0.115 e. The maximum atomic E-state index is 5.66. The molecule has 0 atom stereocenters. The van der Waals surface area contributed by atoms with Crippen molar-refractivity contribution in [1.29, 1.82) is 0 Å². The number of rotatable bonds is 5. The van der Waals surface area contributed by atoms with Gasteiger partial charge in [0.2, 0.25) is 0 Å². The number of hydrogen-bond acceptors (Lipinski definition) is 0. The molecule has 0 spiro atoms. The molecule has 0 aromatic heterocycles. The first-order chi connectivity index (χ1) is 8.38. The van der Waals surface area contributed by atoms with E-state index in [2.05, 4.69) is 58.7 Å². The summed E-state index contributed by atoms with van der Waals surface area (Å²) in [6.07, 6.45) is 9.00. The molecule has 1 aromatic rings. The van der Waals surface area contributed by atoms with Gasteiger partial charge in [0.05, 0.1) is 0 Å². The Morgan fingerprint density at radius 1 is 1.28 bits per heavy atom. The van der Waals surface area contributed by atoms with E-state index in [1.54, 1.807) is 0 Å². The average molecular weight is 242 g/mol. The quantitative estimate of drug-likeness (QED) is 0.648. The Morgan fingerprint density at radius 2 is 1.94 bits per heavy atom. The minimum atomic E-state index is 0.325. The van der Waals surface area contributed by atoms with E-state index in [1.807, 2.05) is 0 Å².